The van der Waals surface area contributed by atoms with Gasteiger partial charge in [0.15, 0.2) is 0 Å². The van der Waals surface area contributed by atoms with Gasteiger partial charge < -0.3 is 10.1 Å². The van der Waals surface area contributed by atoms with E-state index in [1.165, 1.54) is 0 Å². The largest absolute Gasteiger partial charge is 1.00 e. The zero-order valence-corrected chi connectivity index (χ0v) is 16.8. The van der Waals surface area contributed by atoms with Crippen molar-refractivity contribution in [1.29, 1.82) is 0 Å². The maximum absolute atomic E-state index is 11.5. The summed E-state index contributed by atoms with van der Waals surface area (Å²) >= 11 is 0. The molecule has 15 heavy (non-hydrogen) atoms. The number of carbonyl (C=O) groups is 1. The fourth-order valence-electron chi connectivity index (χ4n) is 1.14. The minimum absolute atomic E-state index is 0. The molecular weight excluding hydrogens is 260 g/mol. The van der Waals surface area contributed by atoms with Crippen LogP contribution in [-0.2, 0) is 4.79 Å². The second kappa shape index (κ2) is 11.8. The summed E-state index contributed by atoms with van der Waals surface area (Å²) in [6.45, 7) is 13.9. The van der Waals surface area contributed by atoms with E-state index in [1.807, 2.05) is 41.5 Å². The van der Waals surface area contributed by atoms with Crippen LogP contribution in [0.25, 0.3) is 5.32 Å². The average Bonchev–Trinajstić information content (AvgIpc) is 2.06. The standard InChI is InChI=1S/C10H21NO.C2H6.Rb/c1-6-7-10(4,5)9(12)11-8(2)3;1-2;/h8H,6-7H2,1-5H3,(H,11,12);1-2H3;/q;;+1/p-1. The van der Waals surface area contributed by atoms with Crippen molar-refractivity contribution >= 4 is 5.91 Å². The van der Waals surface area contributed by atoms with E-state index < -0.39 is 0 Å². The van der Waals surface area contributed by atoms with Crippen LogP contribution in [0.3, 0.4) is 0 Å². The molecule has 0 spiro atoms. The van der Waals surface area contributed by atoms with Crippen molar-refractivity contribution < 1.29 is 63.0 Å². The van der Waals surface area contributed by atoms with Crippen molar-refractivity contribution in [3.05, 3.63) is 5.32 Å². The Kier molecular flexibility index (Phi) is 16.9. The number of amides is 1. The fourth-order valence-corrected chi connectivity index (χ4v) is 1.14. The number of carbonyl (C=O) groups excluding carboxylic acids is 1. The van der Waals surface area contributed by atoms with E-state index in [9.17, 15) is 4.79 Å². The van der Waals surface area contributed by atoms with Crippen LogP contribution < -0.4 is 58.2 Å². The van der Waals surface area contributed by atoms with Crippen LogP contribution in [0.1, 0.15) is 61.3 Å². The first-order chi connectivity index (χ1) is 6.40. The molecule has 0 saturated carbocycles. The Bertz CT molecular complexity index is 156. The van der Waals surface area contributed by atoms with E-state index >= 15 is 0 Å². The third kappa shape index (κ3) is 11.5. The van der Waals surface area contributed by atoms with Crippen molar-refractivity contribution in [3.8, 4) is 0 Å². The Hall–Kier alpha value is 1.28. The van der Waals surface area contributed by atoms with Crippen molar-refractivity contribution in [2.75, 3.05) is 0 Å². The van der Waals surface area contributed by atoms with Gasteiger partial charge in [-0.25, -0.2) is 0 Å². The molecule has 0 bridgehead atoms. The molecule has 0 rings (SSSR count). The van der Waals surface area contributed by atoms with Crippen LogP contribution >= 0.6 is 0 Å². The second-order valence-electron chi connectivity index (χ2n) is 4.16. The molecule has 0 aliphatic carbocycles. The summed E-state index contributed by atoms with van der Waals surface area (Å²) in [6, 6.07) is 0.119. The summed E-state index contributed by atoms with van der Waals surface area (Å²) in [5, 5.41) is 4.03. The van der Waals surface area contributed by atoms with Gasteiger partial charge >= 0.3 is 58.2 Å². The molecule has 86 valence electrons. The summed E-state index contributed by atoms with van der Waals surface area (Å²) in [5.74, 6) is 0.0411. The SMILES string of the molecule is CC.CCCC(C)(C)C(=O)[N-]C(C)C.[Rb+]. The molecule has 3 heteroatoms. The molecule has 0 aromatic carbocycles. The van der Waals surface area contributed by atoms with Gasteiger partial charge in [0.05, 0.1) is 5.91 Å². The second-order valence-corrected chi connectivity index (χ2v) is 4.16. The van der Waals surface area contributed by atoms with Gasteiger partial charge in [0, 0.05) is 5.41 Å². The van der Waals surface area contributed by atoms with Crippen LogP contribution in [0.2, 0.25) is 0 Å². The molecule has 0 heterocycles. The van der Waals surface area contributed by atoms with Gasteiger partial charge in [0.25, 0.3) is 0 Å². The van der Waals surface area contributed by atoms with E-state index in [-0.39, 0.29) is 75.6 Å². The van der Waals surface area contributed by atoms with Crippen LogP contribution in [0, 0.1) is 5.41 Å². The zero-order chi connectivity index (χ0) is 11.8. The predicted octanol–water partition coefficient (Wildman–Crippen LogP) is 1.15. The molecule has 0 fully saturated rings. The molecule has 0 saturated heterocycles. The molecule has 0 aliphatic rings. The third-order valence-corrected chi connectivity index (χ3v) is 1.83. The van der Waals surface area contributed by atoms with Gasteiger partial charge in [0.1, 0.15) is 0 Å². The maximum atomic E-state index is 11.5. The van der Waals surface area contributed by atoms with Crippen LogP contribution in [0.5, 0.6) is 0 Å². The fraction of sp³-hybridized carbons (Fsp3) is 0.917. The molecule has 0 unspecified atom stereocenters. The summed E-state index contributed by atoms with van der Waals surface area (Å²) in [7, 11) is 0. The topological polar surface area (TPSA) is 31.2 Å². The molecule has 0 N–H and O–H groups in total. The zero-order valence-electron chi connectivity index (χ0n) is 11.8. The summed E-state index contributed by atoms with van der Waals surface area (Å²) in [4.78, 5) is 11.5. The molecular formula is C12H26NORb. The quantitative estimate of drug-likeness (QED) is 0.762. The number of rotatable bonds is 4. The third-order valence-electron chi connectivity index (χ3n) is 1.83. The van der Waals surface area contributed by atoms with Crippen molar-refractivity contribution in [2.24, 2.45) is 5.41 Å². The Morgan fingerprint density at radius 1 is 1.27 bits per heavy atom. The number of hydrogen-bond donors (Lipinski definition) is 0. The molecule has 0 aromatic heterocycles. The normalized spacial score (nSPS) is 9.87. The van der Waals surface area contributed by atoms with Gasteiger partial charge in [-0.2, -0.15) is 0 Å². The van der Waals surface area contributed by atoms with E-state index in [4.69, 9.17) is 0 Å². The first-order valence-corrected chi connectivity index (χ1v) is 5.65. The van der Waals surface area contributed by atoms with Gasteiger partial charge in [0.2, 0.25) is 0 Å². The minimum Gasteiger partial charge on any atom is -0.651 e. The first-order valence-electron chi connectivity index (χ1n) is 5.65. The summed E-state index contributed by atoms with van der Waals surface area (Å²) in [5.41, 5.74) is -0.265. The molecule has 0 aromatic rings. The molecule has 2 nitrogen and oxygen atoms in total. The Morgan fingerprint density at radius 2 is 1.67 bits per heavy atom. The predicted molar refractivity (Wildman–Crippen MR) is 63.5 cm³/mol. The molecule has 0 aliphatic heterocycles. The van der Waals surface area contributed by atoms with E-state index in [0.29, 0.717) is 0 Å². The average molecular weight is 286 g/mol. The Morgan fingerprint density at radius 3 is 1.93 bits per heavy atom. The van der Waals surface area contributed by atoms with Crippen LogP contribution in [0.4, 0.5) is 0 Å². The van der Waals surface area contributed by atoms with E-state index in [2.05, 4.69) is 12.2 Å². The smallest absolute Gasteiger partial charge is 0.651 e. The van der Waals surface area contributed by atoms with Gasteiger partial charge in [-0.1, -0.05) is 54.9 Å². The summed E-state index contributed by atoms with van der Waals surface area (Å²) < 4.78 is 0. The molecule has 1 amide bonds. The van der Waals surface area contributed by atoms with Crippen LogP contribution in [0.15, 0.2) is 0 Å². The maximum Gasteiger partial charge on any atom is 1.00 e. The van der Waals surface area contributed by atoms with Crippen molar-refractivity contribution in [2.45, 2.75) is 67.3 Å². The summed E-state index contributed by atoms with van der Waals surface area (Å²) in [6.07, 6.45) is 1.95. The molecule has 0 atom stereocenters. The van der Waals surface area contributed by atoms with E-state index in [1.54, 1.807) is 0 Å². The van der Waals surface area contributed by atoms with Gasteiger partial charge in [-0.3, -0.25) is 0 Å². The van der Waals surface area contributed by atoms with Gasteiger partial charge in [-0.05, 0) is 6.42 Å². The van der Waals surface area contributed by atoms with Crippen LogP contribution in [-0.4, -0.2) is 11.9 Å². The Labute approximate surface area is 145 Å². The van der Waals surface area contributed by atoms with Gasteiger partial charge in [-0.15, -0.1) is 6.04 Å². The monoisotopic (exact) mass is 285 g/mol. The van der Waals surface area contributed by atoms with E-state index in [0.717, 1.165) is 12.8 Å². The Balaban J connectivity index is -0.000000449. The number of hydrogen-bond acceptors (Lipinski definition) is 1. The minimum atomic E-state index is -0.265. The van der Waals surface area contributed by atoms with Crippen molar-refractivity contribution in [1.82, 2.24) is 0 Å². The first kappa shape index (κ1) is 21.5. The van der Waals surface area contributed by atoms with Crippen molar-refractivity contribution in [3.63, 3.8) is 0 Å². The molecule has 0 radical (unpaired) electrons. The number of nitrogens with zero attached hydrogens (tertiary/aromatic N) is 1.